The Balaban J connectivity index is 2.34. The van der Waals surface area contributed by atoms with Gasteiger partial charge in [-0.15, -0.1) is 0 Å². The Labute approximate surface area is 108 Å². The normalized spacial score (nSPS) is 22.6. The number of likely N-dealkylation sites (N-methyl/N-ethyl adjacent to an activating group) is 2. The number of nitrogens with one attached hydrogen (secondary N) is 1. The Morgan fingerprint density at radius 2 is 2.11 bits per heavy atom. The second-order valence-corrected chi connectivity index (χ2v) is 5.47. The molecule has 1 aromatic heterocycles. The summed E-state index contributed by atoms with van der Waals surface area (Å²) < 4.78 is 0. The maximum absolute atomic E-state index is 11.7. The maximum Gasteiger partial charge on any atom is 0.251 e. The molecular weight excluding hydrogens is 228 g/mol. The fourth-order valence-corrected chi connectivity index (χ4v) is 2.25. The molecule has 2 heterocycles. The van der Waals surface area contributed by atoms with E-state index in [9.17, 15) is 4.79 Å². The van der Waals surface area contributed by atoms with Crippen molar-refractivity contribution in [3.8, 4) is 0 Å². The predicted octanol–water partition coefficient (Wildman–Crippen LogP) is 0.812. The number of hydrogen-bond donors (Lipinski definition) is 1. The van der Waals surface area contributed by atoms with Crippen LogP contribution < -0.4 is 5.56 Å². The minimum Gasteiger partial charge on any atom is -0.309 e. The molecule has 0 aromatic carbocycles. The Morgan fingerprint density at radius 1 is 1.39 bits per heavy atom. The van der Waals surface area contributed by atoms with Gasteiger partial charge >= 0.3 is 0 Å². The molecule has 1 N–H and O–H groups in total. The van der Waals surface area contributed by atoms with E-state index in [1.807, 2.05) is 0 Å². The van der Waals surface area contributed by atoms with Crippen LogP contribution in [-0.2, 0) is 0 Å². The molecule has 1 fully saturated rings. The fourth-order valence-electron chi connectivity index (χ4n) is 2.25. The zero-order valence-corrected chi connectivity index (χ0v) is 11.6. The van der Waals surface area contributed by atoms with Gasteiger partial charge in [0.15, 0.2) is 0 Å². The molecule has 1 aromatic rings. The Hall–Kier alpha value is -1.20. The van der Waals surface area contributed by atoms with Crippen molar-refractivity contribution in [1.29, 1.82) is 0 Å². The number of hydrogen-bond acceptors (Lipinski definition) is 4. The van der Waals surface area contributed by atoms with E-state index in [1.165, 1.54) is 0 Å². The van der Waals surface area contributed by atoms with Crippen LogP contribution in [0.4, 0.5) is 0 Å². The summed E-state index contributed by atoms with van der Waals surface area (Å²) in [5.41, 5.74) is 0.820. The molecule has 18 heavy (non-hydrogen) atoms. The molecule has 1 atom stereocenters. The molecule has 1 unspecified atom stereocenters. The van der Waals surface area contributed by atoms with Gasteiger partial charge in [-0.1, -0.05) is 13.8 Å². The highest BCUT2D eigenvalue weighted by atomic mass is 16.1. The molecule has 100 valence electrons. The van der Waals surface area contributed by atoms with E-state index in [4.69, 9.17) is 0 Å². The van der Waals surface area contributed by atoms with E-state index in [0.717, 1.165) is 31.2 Å². The molecule has 0 spiro atoms. The zero-order chi connectivity index (χ0) is 13.3. The van der Waals surface area contributed by atoms with Gasteiger partial charge in [0.05, 0.1) is 11.7 Å². The molecule has 0 radical (unpaired) electrons. The first-order chi connectivity index (χ1) is 8.47. The average molecular weight is 250 g/mol. The highest BCUT2D eigenvalue weighted by Crippen LogP contribution is 2.20. The third kappa shape index (κ3) is 2.79. The van der Waals surface area contributed by atoms with E-state index in [0.29, 0.717) is 0 Å². The lowest BCUT2D eigenvalue weighted by Gasteiger charge is -2.37. The Kier molecular flexibility index (Phi) is 3.82. The first-order valence-electron chi connectivity index (χ1n) is 6.47. The summed E-state index contributed by atoms with van der Waals surface area (Å²) >= 11 is 0. The van der Waals surface area contributed by atoms with Crippen LogP contribution in [0.15, 0.2) is 10.9 Å². The van der Waals surface area contributed by atoms with Crippen molar-refractivity contribution in [3.05, 3.63) is 27.9 Å². The van der Waals surface area contributed by atoms with Crippen molar-refractivity contribution in [3.63, 3.8) is 0 Å². The highest BCUT2D eigenvalue weighted by molar-refractivity contribution is 5.10. The van der Waals surface area contributed by atoms with E-state index in [-0.39, 0.29) is 17.5 Å². The van der Waals surface area contributed by atoms with Crippen LogP contribution in [0.1, 0.15) is 37.3 Å². The zero-order valence-electron chi connectivity index (χ0n) is 11.6. The van der Waals surface area contributed by atoms with E-state index in [2.05, 4.69) is 47.7 Å². The molecular formula is C13H22N4O. The summed E-state index contributed by atoms with van der Waals surface area (Å²) in [5, 5.41) is 0. The third-order valence-corrected chi connectivity index (χ3v) is 3.54. The largest absolute Gasteiger partial charge is 0.309 e. The van der Waals surface area contributed by atoms with Gasteiger partial charge in [-0.2, -0.15) is 0 Å². The number of piperazine rings is 1. The van der Waals surface area contributed by atoms with Crippen molar-refractivity contribution in [2.75, 3.05) is 33.7 Å². The van der Waals surface area contributed by atoms with Gasteiger partial charge < -0.3 is 9.88 Å². The number of H-pyrrole nitrogens is 1. The number of aromatic nitrogens is 2. The molecule has 5 heteroatoms. The SMILES string of the molecule is CC(C)c1cc(=O)[nH]c(C2CN(C)CCN2C)n1. The van der Waals surface area contributed by atoms with Crippen LogP contribution in [0.5, 0.6) is 0 Å². The molecule has 5 nitrogen and oxygen atoms in total. The quantitative estimate of drug-likeness (QED) is 0.844. The first-order valence-corrected chi connectivity index (χ1v) is 6.47. The summed E-state index contributed by atoms with van der Waals surface area (Å²) in [6, 6.07) is 1.77. The second kappa shape index (κ2) is 5.20. The Bertz CT molecular complexity index is 468. The number of rotatable bonds is 2. The summed E-state index contributed by atoms with van der Waals surface area (Å²) in [5.74, 6) is 1.07. The summed E-state index contributed by atoms with van der Waals surface area (Å²) in [7, 11) is 4.18. The summed E-state index contributed by atoms with van der Waals surface area (Å²) in [6.07, 6.45) is 0. The molecule has 2 rings (SSSR count). The lowest BCUT2D eigenvalue weighted by atomic mass is 10.1. The first kappa shape index (κ1) is 13.2. The van der Waals surface area contributed by atoms with Crippen molar-refractivity contribution in [1.82, 2.24) is 19.8 Å². The Morgan fingerprint density at radius 3 is 2.78 bits per heavy atom. The number of aromatic amines is 1. The van der Waals surface area contributed by atoms with Crippen molar-refractivity contribution < 1.29 is 0 Å². The van der Waals surface area contributed by atoms with Gasteiger partial charge in [0.25, 0.3) is 5.56 Å². The highest BCUT2D eigenvalue weighted by Gasteiger charge is 2.26. The lowest BCUT2D eigenvalue weighted by Crippen LogP contribution is -2.45. The molecule has 0 aliphatic carbocycles. The maximum atomic E-state index is 11.7. The molecule has 0 saturated carbocycles. The fraction of sp³-hybridized carbons (Fsp3) is 0.692. The molecule has 0 amide bonds. The van der Waals surface area contributed by atoms with Gasteiger partial charge in [-0.25, -0.2) is 4.98 Å². The topological polar surface area (TPSA) is 52.2 Å². The second-order valence-electron chi connectivity index (χ2n) is 5.47. The number of nitrogens with zero attached hydrogens (tertiary/aromatic N) is 3. The van der Waals surface area contributed by atoms with Gasteiger partial charge in [0, 0.05) is 25.7 Å². The van der Waals surface area contributed by atoms with Crippen LogP contribution in [0, 0.1) is 0 Å². The minimum atomic E-state index is -0.0506. The van der Waals surface area contributed by atoms with E-state index >= 15 is 0 Å². The van der Waals surface area contributed by atoms with Gasteiger partial charge in [-0.3, -0.25) is 9.69 Å². The molecule has 1 saturated heterocycles. The van der Waals surface area contributed by atoms with Crippen LogP contribution in [0.2, 0.25) is 0 Å². The minimum absolute atomic E-state index is 0.0506. The third-order valence-electron chi connectivity index (χ3n) is 3.54. The van der Waals surface area contributed by atoms with Crippen LogP contribution in [-0.4, -0.2) is 53.5 Å². The average Bonchev–Trinajstić information content (AvgIpc) is 2.31. The standard InChI is InChI=1S/C13H22N4O/c1-9(2)10-7-12(18)15-13(14-10)11-8-16(3)5-6-17(11)4/h7,9,11H,5-6,8H2,1-4H3,(H,14,15,18). The monoisotopic (exact) mass is 250 g/mol. The molecule has 1 aliphatic rings. The van der Waals surface area contributed by atoms with E-state index in [1.54, 1.807) is 6.07 Å². The van der Waals surface area contributed by atoms with E-state index < -0.39 is 0 Å². The summed E-state index contributed by atoms with van der Waals surface area (Å²) in [4.78, 5) is 23.7. The smallest absolute Gasteiger partial charge is 0.251 e. The summed E-state index contributed by atoms with van der Waals surface area (Å²) in [6.45, 7) is 7.07. The molecule has 0 bridgehead atoms. The van der Waals surface area contributed by atoms with Crippen molar-refractivity contribution in [2.24, 2.45) is 0 Å². The predicted molar refractivity (Wildman–Crippen MR) is 71.8 cm³/mol. The van der Waals surface area contributed by atoms with Crippen LogP contribution in [0.25, 0.3) is 0 Å². The van der Waals surface area contributed by atoms with Gasteiger partial charge in [-0.05, 0) is 20.0 Å². The van der Waals surface area contributed by atoms with Gasteiger partial charge in [0.1, 0.15) is 5.82 Å². The van der Waals surface area contributed by atoms with Crippen molar-refractivity contribution in [2.45, 2.75) is 25.8 Å². The van der Waals surface area contributed by atoms with Crippen molar-refractivity contribution >= 4 is 0 Å². The van der Waals surface area contributed by atoms with Crippen LogP contribution >= 0.6 is 0 Å². The van der Waals surface area contributed by atoms with Gasteiger partial charge in [0.2, 0.25) is 0 Å². The lowest BCUT2D eigenvalue weighted by molar-refractivity contribution is 0.109. The van der Waals surface area contributed by atoms with Crippen LogP contribution in [0.3, 0.4) is 0 Å². The molecule has 1 aliphatic heterocycles.